The normalized spacial score (nSPS) is 10.4. The van der Waals surface area contributed by atoms with Crippen LogP contribution >= 0.6 is 11.3 Å². The van der Waals surface area contributed by atoms with Crippen molar-refractivity contribution in [3.05, 3.63) is 35.8 Å². The summed E-state index contributed by atoms with van der Waals surface area (Å²) in [6.45, 7) is 4.81. The summed E-state index contributed by atoms with van der Waals surface area (Å²) in [5.41, 5.74) is 1.82. The number of hydrogen-bond acceptors (Lipinski definition) is 3. The van der Waals surface area contributed by atoms with E-state index < -0.39 is 0 Å². The largest absolute Gasteiger partial charge is 0.362 e. The van der Waals surface area contributed by atoms with Crippen molar-refractivity contribution < 1.29 is 4.39 Å². The second-order valence-corrected chi connectivity index (χ2v) is 4.47. The Hall–Kier alpha value is -1.42. The molecule has 0 aliphatic carbocycles. The van der Waals surface area contributed by atoms with E-state index in [1.165, 1.54) is 12.1 Å². The molecule has 84 valence electrons. The molecule has 0 atom stereocenters. The Labute approximate surface area is 98.2 Å². The molecule has 2 nitrogen and oxygen atoms in total. The molecular weight excluding hydrogens is 223 g/mol. The van der Waals surface area contributed by atoms with Crippen molar-refractivity contribution >= 4 is 16.5 Å². The van der Waals surface area contributed by atoms with Crippen LogP contribution in [-0.4, -0.2) is 11.5 Å². The third-order valence-electron chi connectivity index (χ3n) is 2.21. The maximum absolute atomic E-state index is 13.1. The Morgan fingerprint density at radius 3 is 2.94 bits per heavy atom. The molecule has 0 amide bonds. The average Bonchev–Trinajstić information content (AvgIpc) is 2.60. The van der Waals surface area contributed by atoms with Gasteiger partial charge in [0.15, 0.2) is 5.13 Å². The SMILES string of the molecule is CCNc1nc(C)c(-c2cccc(F)c2)s1. The van der Waals surface area contributed by atoms with Crippen LogP contribution in [0.1, 0.15) is 12.6 Å². The van der Waals surface area contributed by atoms with Crippen molar-refractivity contribution in [2.75, 3.05) is 11.9 Å². The fourth-order valence-electron chi connectivity index (χ4n) is 1.52. The van der Waals surface area contributed by atoms with Gasteiger partial charge in [-0.25, -0.2) is 9.37 Å². The van der Waals surface area contributed by atoms with Crippen molar-refractivity contribution in [3.8, 4) is 10.4 Å². The smallest absolute Gasteiger partial charge is 0.183 e. The molecule has 0 radical (unpaired) electrons. The number of nitrogens with zero attached hydrogens (tertiary/aromatic N) is 1. The topological polar surface area (TPSA) is 24.9 Å². The average molecular weight is 236 g/mol. The third kappa shape index (κ3) is 2.22. The lowest BCUT2D eigenvalue weighted by atomic mass is 10.1. The molecule has 1 N–H and O–H groups in total. The molecule has 0 saturated carbocycles. The zero-order valence-corrected chi connectivity index (χ0v) is 10.1. The van der Waals surface area contributed by atoms with Crippen molar-refractivity contribution in [1.29, 1.82) is 0 Å². The van der Waals surface area contributed by atoms with E-state index in [2.05, 4.69) is 10.3 Å². The van der Waals surface area contributed by atoms with Gasteiger partial charge in [0.1, 0.15) is 5.82 Å². The first-order valence-electron chi connectivity index (χ1n) is 5.18. The van der Waals surface area contributed by atoms with E-state index in [0.29, 0.717) is 0 Å². The zero-order valence-electron chi connectivity index (χ0n) is 9.25. The number of nitrogens with one attached hydrogen (secondary N) is 1. The van der Waals surface area contributed by atoms with Gasteiger partial charge >= 0.3 is 0 Å². The van der Waals surface area contributed by atoms with Gasteiger partial charge in [-0.15, -0.1) is 0 Å². The molecule has 0 unspecified atom stereocenters. The minimum Gasteiger partial charge on any atom is -0.362 e. The highest BCUT2D eigenvalue weighted by atomic mass is 32.1. The highest BCUT2D eigenvalue weighted by Gasteiger charge is 2.09. The first kappa shape index (κ1) is 11.1. The first-order valence-corrected chi connectivity index (χ1v) is 5.99. The van der Waals surface area contributed by atoms with E-state index in [1.54, 1.807) is 17.4 Å². The Bertz CT molecular complexity index is 494. The van der Waals surface area contributed by atoms with Crippen molar-refractivity contribution in [3.63, 3.8) is 0 Å². The summed E-state index contributed by atoms with van der Waals surface area (Å²) in [7, 11) is 0. The number of thiazole rings is 1. The van der Waals surface area contributed by atoms with E-state index in [4.69, 9.17) is 0 Å². The molecule has 0 aliphatic rings. The molecule has 2 rings (SSSR count). The van der Waals surface area contributed by atoms with Crippen molar-refractivity contribution in [2.45, 2.75) is 13.8 Å². The number of hydrogen-bond donors (Lipinski definition) is 1. The Morgan fingerprint density at radius 2 is 2.25 bits per heavy atom. The minimum absolute atomic E-state index is 0.213. The van der Waals surface area contributed by atoms with Gasteiger partial charge in [-0.1, -0.05) is 23.5 Å². The van der Waals surface area contributed by atoms with E-state index >= 15 is 0 Å². The number of anilines is 1. The molecule has 0 bridgehead atoms. The van der Waals surface area contributed by atoms with E-state index in [0.717, 1.165) is 27.8 Å². The fraction of sp³-hybridized carbons (Fsp3) is 0.250. The maximum atomic E-state index is 13.1. The summed E-state index contributed by atoms with van der Waals surface area (Å²) in [5, 5.41) is 4.05. The number of halogens is 1. The van der Waals surface area contributed by atoms with Crippen LogP contribution in [0, 0.1) is 12.7 Å². The number of aryl methyl sites for hydroxylation is 1. The second kappa shape index (κ2) is 4.61. The lowest BCUT2D eigenvalue weighted by Crippen LogP contribution is -1.94. The minimum atomic E-state index is -0.213. The Balaban J connectivity index is 2.40. The second-order valence-electron chi connectivity index (χ2n) is 3.47. The summed E-state index contributed by atoms with van der Waals surface area (Å²) in [5.74, 6) is -0.213. The van der Waals surface area contributed by atoms with Crippen LogP contribution in [0.2, 0.25) is 0 Å². The summed E-state index contributed by atoms with van der Waals surface area (Å²) >= 11 is 1.56. The summed E-state index contributed by atoms with van der Waals surface area (Å²) in [6.07, 6.45) is 0. The van der Waals surface area contributed by atoms with Crippen LogP contribution < -0.4 is 5.32 Å². The maximum Gasteiger partial charge on any atom is 0.183 e. The monoisotopic (exact) mass is 236 g/mol. The molecule has 4 heteroatoms. The van der Waals surface area contributed by atoms with Gasteiger partial charge in [-0.3, -0.25) is 0 Å². The predicted molar refractivity (Wildman–Crippen MR) is 66.4 cm³/mol. The van der Waals surface area contributed by atoms with Crippen LogP contribution in [0.3, 0.4) is 0 Å². The van der Waals surface area contributed by atoms with Gasteiger partial charge in [-0.2, -0.15) is 0 Å². The third-order valence-corrected chi connectivity index (χ3v) is 3.38. The lowest BCUT2D eigenvalue weighted by Gasteiger charge is -1.98. The molecule has 1 heterocycles. The number of rotatable bonds is 3. The molecule has 2 aromatic rings. The Kier molecular flexibility index (Phi) is 3.19. The fourth-order valence-corrected chi connectivity index (χ4v) is 2.55. The van der Waals surface area contributed by atoms with E-state index in [-0.39, 0.29) is 5.82 Å². The highest BCUT2D eigenvalue weighted by molar-refractivity contribution is 7.19. The van der Waals surface area contributed by atoms with Gasteiger partial charge in [0.2, 0.25) is 0 Å². The first-order chi connectivity index (χ1) is 7.70. The van der Waals surface area contributed by atoms with Gasteiger partial charge in [0, 0.05) is 6.54 Å². The quantitative estimate of drug-likeness (QED) is 0.879. The number of aromatic nitrogens is 1. The molecule has 0 saturated heterocycles. The lowest BCUT2D eigenvalue weighted by molar-refractivity contribution is 0.628. The van der Waals surface area contributed by atoms with Gasteiger partial charge in [-0.05, 0) is 31.5 Å². The van der Waals surface area contributed by atoms with Gasteiger partial charge in [0.05, 0.1) is 10.6 Å². The van der Waals surface area contributed by atoms with Crippen LogP contribution in [0.15, 0.2) is 24.3 Å². The molecule has 0 spiro atoms. The van der Waals surface area contributed by atoms with Crippen LogP contribution in [0.25, 0.3) is 10.4 Å². The number of benzene rings is 1. The zero-order chi connectivity index (χ0) is 11.5. The standard InChI is InChI=1S/C12H13FN2S/c1-3-14-12-15-8(2)11(16-12)9-5-4-6-10(13)7-9/h4-7H,3H2,1-2H3,(H,14,15). The van der Waals surface area contributed by atoms with E-state index in [1.807, 2.05) is 19.9 Å². The Morgan fingerprint density at radius 1 is 1.44 bits per heavy atom. The molecule has 1 aromatic carbocycles. The molecule has 0 aliphatic heterocycles. The van der Waals surface area contributed by atoms with Crippen molar-refractivity contribution in [1.82, 2.24) is 4.98 Å². The molecular formula is C12H13FN2S. The van der Waals surface area contributed by atoms with Crippen LogP contribution in [-0.2, 0) is 0 Å². The van der Waals surface area contributed by atoms with E-state index in [9.17, 15) is 4.39 Å². The predicted octanol–water partition coefficient (Wildman–Crippen LogP) is 3.69. The van der Waals surface area contributed by atoms with Crippen LogP contribution in [0.5, 0.6) is 0 Å². The molecule has 16 heavy (non-hydrogen) atoms. The van der Waals surface area contributed by atoms with Gasteiger partial charge < -0.3 is 5.32 Å². The van der Waals surface area contributed by atoms with Crippen LogP contribution in [0.4, 0.5) is 9.52 Å². The van der Waals surface area contributed by atoms with Crippen molar-refractivity contribution in [2.24, 2.45) is 0 Å². The summed E-state index contributed by atoms with van der Waals surface area (Å²) in [4.78, 5) is 5.41. The highest BCUT2D eigenvalue weighted by Crippen LogP contribution is 2.32. The molecule has 1 aromatic heterocycles. The molecule has 0 fully saturated rings. The van der Waals surface area contributed by atoms with Gasteiger partial charge in [0.25, 0.3) is 0 Å². The summed E-state index contributed by atoms with van der Waals surface area (Å²) < 4.78 is 13.1. The summed E-state index contributed by atoms with van der Waals surface area (Å²) in [6, 6.07) is 6.61.